The van der Waals surface area contributed by atoms with E-state index in [9.17, 15) is 0 Å². The van der Waals surface area contributed by atoms with Gasteiger partial charge in [-0.25, -0.2) is 0 Å². The predicted octanol–water partition coefficient (Wildman–Crippen LogP) is 2.55. The number of unbranched alkanes of at least 4 members (excludes halogenated alkanes) is 1. The summed E-state index contributed by atoms with van der Waals surface area (Å²) in [5.41, 5.74) is 5.86. The topological polar surface area (TPSA) is 26.0 Å². The molecule has 0 amide bonds. The van der Waals surface area contributed by atoms with Crippen LogP contribution in [0, 0.1) is 5.92 Å². The Labute approximate surface area is 65.0 Å². The smallest absolute Gasteiger partial charge is 0.00619 e. The van der Waals surface area contributed by atoms with Crippen molar-refractivity contribution in [2.45, 2.75) is 52.5 Å². The number of nitrogens with two attached hydrogens (primary N) is 1. The van der Waals surface area contributed by atoms with Gasteiger partial charge in [0.15, 0.2) is 0 Å². The summed E-state index contributed by atoms with van der Waals surface area (Å²) >= 11 is 0. The summed E-state index contributed by atoms with van der Waals surface area (Å²) in [4.78, 5) is 0. The molecule has 10 heavy (non-hydrogen) atoms. The molecule has 0 aromatic heterocycles. The molecule has 2 N–H and O–H groups in total. The fourth-order valence-electron chi connectivity index (χ4n) is 1.14. The molecule has 0 aliphatic heterocycles. The third-order valence-electron chi connectivity index (χ3n) is 2.22. The van der Waals surface area contributed by atoms with E-state index in [0.717, 1.165) is 6.42 Å². The average Bonchev–Trinajstić information content (AvgIpc) is 1.98. The van der Waals surface area contributed by atoms with Gasteiger partial charge in [0.05, 0.1) is 0 Å². The molecule has 0 fully saturated rings. The maximum absolute atomic E-state index is 5.86. The van der Waals surface area contributed by atoms with Crippen LogP contribution in [0.1, 0.15) is 46.5 Å². The fourth-order valence-corrected chi connectivity index (χ4v) is 1.14. The molecule has 2 atom stereocenters. The van der Waals surface area contributed by atoms with Gasteiger partial charge in [0.1, 0.15) is 0 Å². The maximum atomic E-state index is 5.86. The zero-order valence-corrected chi connectivity index (χ0v) is 7.56. The zero-order chi connectivity index (χ0) is 7.98. The van der Waals surface area contributed by atoms with Crippen LogP contribution in [-0.2, 0) is 0 Å². The normalized spacial score (nSPS) is 16.8. The van der Waals surface area contributed by atoms with Crippen LogP contribution in [0.15, 0.2) is 0 Å². The van der Waals surface area contributed by atoms with E-state index >= 15 is 0 Å². The lowest BCUT2D eigenvalue weighted by molar-refractivity contribution is 0.404. The van der Waals surface area contributed by atoms with Crippen LogP contribution in [0.3, 0.4) is 0 Å². The van der Waals surface area contributed by atoms with E-state index in [0.29, 0.717) is 12.0 Å². The SMILES string of the molecule is CCCCC(C)C(N)CC. The fraction of sp³-hybridized carbons (Fsp3) is 1.00. The Bertz CT molecular complexity index is 71.1. The molecule has 0 heterocycles. The molecular weight excluding hydrogens is 122 g/mol. The summed E-state index contributed by atoms with van der Waals surface area (Å²) in [6.07, 6.45) is 5.03. The number of hydrogen-bond donors (Lipinski definition) is 1. The van der Waals surface area contributed by atoms with Gasteiger partial charge in [0.2, 0.25) is 0 Å². The third-order valence-corrected chi connectivity index (χ3v) is 2.22. The van der Waals surface area contributed by atoms with Gasteiger partial charge in [-0.05, 0) is 18.8 Å². The minimum Gasteiger partial charge on any atom is -0.327 e. The standard InChI is InChI=1S/C9H21N/c1-4-6-7-8(3)9(10)5-2/h8-9H,4-7,10H2,1-3H3. The Kier molecular flexibility index (Phi) is 5.70. The molecule has 0 rings (SSSR count). The van der Waals surface area contributed by atoms with Crippen LogP contribution in [-0.4, -0.2) is 6.04 Å². The van der Waals surface area contributed by atoms with E-state index < -0.39 is 0 Å². The highest BCUT2D eigenvalue weighted by molar-refractivity contribution is 4.66. The Balaban J connectivity index is 3.31. The molecule has 0 aliphatic rings. The second-order valence-corrected chi connectivity index (χ2v) is 3.19. The highest BCUT2D eigenvalue weighted by atomic mass is 14.6. The second kappa shape index (κ2) is 5.72. The van der Waals surface area contributed by atoms with Crippen LogP contribution >= 0.6 is 0 Å². The lowest BCUT2D eigenvalue weighted by Gasteiger charge is -2.17. The molecule has 2 unspecified atom stereocenters. The van der Waals surface area contributed by atoms with Crippen LogP contribution in [0.4, 0.5) is 0 Å². The van der Waals surface area contributed by atoms with Crippen molar-refractivity contribution in [2.75, 3.05) is 0 Å². The third kappa shape index (κ3) is 3.89. The van der Waals surface area contributed by atoms with Crippen LogP contribution in [0.5, 0.6) is 0 Å². The molecule has 0 saturated carbocycles. The summed E-state index contributed by atoms with van der Waals surface area (Å²) in [6.45, 7) is 6.64. The molecule has 0 aromatic carbocycles. The summed E-state index contributed by atoms with van der Waals surface area (Å²) in [7, 11) is 0. The number of hydrogen-bond acceptors (Lipinski definition) is 1. The van der Waals surface area contributed by atoms with Gasteiger partial charge in [-0.3, -0.25) is 0 Å². The van der Waals surface area contributed by atoms with Gasteiger partial charge in [-0.15, -0.1) is 0 Å². The van der Waals surface area contributed by atoms with Gasteiger partial charge >= 0.3 is 0 Å². The van der Waals surface area contributed by atoms with Crippen molar-refractivity contribution >= 4 is 0 Å². The Morgan fingerprint density at radius 1 is 1.30 bits per heavy atom. The van der Waals surface area contributed by atoms with Crippen LogP contribution in [0.25, 0.3) is 0 Å². The van der Waals surface area contributed by atoms with Gasteiger partial charge in [0, 0.05) is 6.04 Å². The highest BCUT2D eigenvalue weighted by Crippen LogP contribution is 2.12. The Morgan fingerprint density at radius 2 is 1.90 bits per heavy atom. The molecular formula is C9H21N. The van der Waals surface area contributed by atoms with Crippen molar-refractivity contribution in [3.8, 4) is 0 Å². The lowest BCUT2D eigenvalue weighted by Crippen LogP contribution is -2.26. The molecule has 0 aliphatic carbocycles. The van der Waals surface area contributed by atoms with Crippen molar-refractivity contribution in [1.29, 1.82) is 0 Å². The Hall–Kier alpha value is -0.0400. The first-order chi connectivity index (χ1) is 4.72. The van der Waals surface area contributed by atoms with Crippen LogP contribution in [0.2, 0.25) is 0 Å². The largest absolute Gasteiger partial charge is 0.327 e. The quantitative estimate of drug-likeness (QED) is 0.629. The molecule has 62 valence electrons. The van der Waals surface area contributed by atoms with E-state index in [1.165, 1.54) is 19.3 Å². The van der Waals surface area contributed by atoms with Gasteiger partial charge < -0.3 is 5.73 Å². The number of rotatable bonds is 5. The lowest BCUT2D eigenvalue weighted by atomic mass is 9.95. The van der Waals surface area contributed by atoms with E-state index in [1.54, 1.807) is 0 Å². The van der Waals surface area contributed by atoms with Crippen molar-refractivity contribution in [3.05, 3.63) is 0 Å². The van der Waals surface area contributed by atoms with Crippen molar-refractivity contribution in [2.24, 2.45) is 11.7 Å². The highest BCUT2D eigenvalue weighted by Gasteiger charge is 2.08. The predicted molar refractivity (Wildman–Crippen MR) is 47.0 cm³/mol. The van der Waals surface area contributed by atoms with E-state index in [4.69, 9.17) is 5.73 Å². The van der Waals surface area contributed by atoms with Gasteiger partial charge in [-0.1, -0.05) is 33.6 Å². The molecule has 0 spiro atoms. The van der Waals surface area contributed by atoms with Crippen molar-refractivity contribution in [3.63, 3.8) is 0 Å². The first-order valence-corrected chi connectivity index (χ1v) is 4.47. The van der Waals surface area contributed by atoms with E-state index in [1.807, 2.05) is 0 Å². The summed E-state index contributed by atoms with van der Waals surface area (Å²) in [5, 5.41) is 0. The Morgan fingerprint density at radius 3 is 2.30 bits per heavy atom. The molecule has 1 heteroatoms. The van der Waals surface area contributed by atoms with Crippen molar-refractivity contribution in [1.82, 2.24) is 0 Å². The minimum absolute atomic E-state index is 0.423. The van der Waals surface area contributed by atoms with Gasteiger partial charge in [-0.2, -0.15) is 0 Å². The zero-order valence-electron chi connectivity index (χ0n) is 7.56. The van der Waals surface area contributed by atoms with Gasteiger partial charge in [0.25, 0.3) is 0 Å². The summed E-state index contributed by atoms with van der Waals surface area (Å²) < 4.78 is 0. The molecule has 0 bridgehead atoms. The molecule has 0 radical (unpaired) electrons. The summed E-state index contributed by atoms with van der Waals surface area (Å²) in [5.74, 6) is 0.713. The molecule has 0 aromatic rings. The minimum atomic E-state index is 0.423. The summed E-state index contributed by atoms with van der Waals surface area (Å²) in [6, 6.07) is 0.423. The first-order valence-electron chi connectivity index (χ1n) is 4.47. The van der Waals surface area contributed by atoms with Crippen LogP contribution < -0.4 is 5.73 Å². The monoisotopic (exact) mass is 143 g/mol. The maximum Gasteiger partial charge on any atom is 0.00619 e. The van der Waals surface area contributed by atoms with E-state index in [2.05, 4.69) is 20.8 Å². The van der Waals surface area contributed by atoms with Crippen molar-refractivity contribution < 1.29 is 0 Å². The molecule has 1 nitrogen and oxygen atoms in total. The van der Waals surface area contributed by atoms with E-state index in [-0.39, 0.29) is 0 Å². The second-order valence-electron chi connectivity index (χ2n) is 3.19. The average molecular weight is 143 g/mol. The first kappa shape index (κ1) is 9.96. The molecule has 0 saturated heterocycles.